The van der Waals surface area contributed by atoms with Crippen LogP contribution in [0.5, 0.6) is 0 Å². The van der Waals surface area contributed by atoms with Gasteiger partial charge in [-0.2, -0.15) is 0 Å². The number of fused-ring (bicyclic) bond motifs is 2. The molecule has 4 aliphatic rings. The fourth-order valence-electron chi connectivity index (χ4n) is 6.03. The highest BCUT2D eigenvalue weighted by Crippen LogP contribution is 2.60. The maximum absolute atomic E-state index is 6.14. The quantitative estimate of drug-likeness (QED) is 0.387. The third-order valence-corrected chi connectivity index (χ3v) is 7.33. The number of rotatable bonds is 2. The fourth-order valence-corrected chi connectivity index (χ4v) is 6.03. The molecule has 1 N–H and O–H groups in total. The fraction of sp³-hybridized carbons (Fsp3) is 0.714. The molecule has 2 aliphatic carbocycles. The van der Waals surface area contributed by atoms with Gasteiger partial charge in [0.25, 0.3) is 0 Å². The topological polar surface area (TPSA) is 53.0 Å². The Kier molecular flexibility index (Phi) is 6.01. The van der Waals surface area contributed by atoms with Crippen molar-refractivity contribution in [2.24, 2.45) is 16.3 Å². The summed E-state index contributed by atoms with van der Waals surface area (Å²) < 4.78 is 6.14. The van der Waals surface area contributed by atoms with Crippen molar-refractivity contribution >= 4 is 35.8 Å². The lowest BCUT2D eigenvalue weighted by molar-refractivity contribution is -0.125. The molecule has 0 bridgehead atoms. The molecule has 6 nitrogen and oxygen atoms in total. The number of hydrogen-bond donors (Lipinski definition) is 1. The number of piperazine rings is 1. The number of pyridine rings is 1. The van der Waals surface area contributed by atoms with Crippen LogP contribution in [-0.2, 0) is 4.74 Å². The van der Waals surface area contributed by atoms with Gasteiger partial charge in [-0.25, -0.2) is 4.98 Å². The summed E-state index contributed by atoms with van der Waals surface area (Å²) in [6.45, 7) is 4.89. The van der Waals surface area contributed by atoms with Gasteiger partial charge in [0.2, 0.25) is 0 Å². The summed E-state index contributed by atoms with van der Waals surface area (Å²) in [7, 11) is 1.93. The van der Waals surface area contributed by atoms with Crippen molar-refractivity contribution in [1.82, 2.24) is 15.2 Å². The molecule has 3 heterocycles. The smallest absolute Gasteiger partial charge is 0.194 e. The maximum atomic E-state index is 6.14. The molecule has 4 fully saturated rings. The van der Waals surface area contributed by atoms with Gasteiger partial charge in [-0.3, -0.25) is 4.99 Å². The summed E-state index contributed by atoms with van der Waals surface area (Å²) in [4.78, 5) is 13.9. The number of hydrogen-bond acceptors (Lipinski definition) is 4. The summed E-state index contributed by atoms with van der Waals surface area (Å²) in [5.74, 6) is 2.84. The summed E-state index contributed by atoms with van der Waals surface area (Å²) in [6.07, 6.45) is 8.91. The Morgan fingerprint density at radius 1 is 1.21 bits per heavy atom. The molecule has 28 heavy (non-hydrogen) atoms. The van der Waals surface area contributed by atoms with Crippen LogP contribution in [0.1, 0.15) is 32.1 Å². The largest absolute Gasteiger partial charge is 0.377 e. The van der Waals surface area contributed by atoms with Gasteiger partial charge in [0, 0.05) is 63.4 Å². The Hall–Kier alpha value is -1.09. The average Bonchev–Trinajstić information content (AvgIpc) is 3.39. The predicted molar refractivity (Wildman–Crippen MR) is 122 cm³/mol. The second-order valence-corrected chi connectivity index (χ2v) is 8.52. The van der Waals surface area contributed by atoms with Gasteiger partial charge in [0.1, 0.15) is 5.82 Å². The van der Waals surface area contributed by atoms with Crippen LogP contribution >= 0.6 is 24.0 Å². The first-order valence-electron chi connectivity index (χ1n) is 10.6. The summed E-state index contributed by atoms with van der Waals surface area (Å²) in [6, 6.07) is 6.68. The Morgan fingerprint density at radius 3 is 2.68 bits per heavy atom. The zero-order chi connectivity index (χ0) is 18.3. The highest BCUT2D eigenvalue weighted by molar-refractivity contribution is 14.0. The van der Waals surface area contributed by atoms with Crippen LogP contribution in [0.2, 0.25) is 0 Å². The third-order valence-electron chi connectivity index (χ3n) is 7.33. The van der Waals surface area contributed by atoms with Gasteiger partial charge in [0.15, 0.2) is 5.96 Å². The number of ether oxygens (including phenoxy) is 1. The molecule has 0 amide bonds. The number of nitrogens with one attached hydrogen (secondary N) is 1. The molecule has 0 aromatic carbocycles. The standard InChI is InChI=1S/C21H31N5O.HI/c1-22-20(26-13-11-25(12-14-26)17-6-2-5-10-23-17)24-18-16-7-15-27-19(16)21(18)8-3-4-9-21;/h2,5-6,10,16,18-19H,3-4,7-9,11-15H2,1H3,(H,22,24);1H. The van der Waals surface area contributed by atoms with E-state index in [1.165, 1.54) is 32.1 Å². The highest BCUT2D eigenvalue weighted by Gasteiger charge is 2.65. The van der Waals surface area contributed by atoms with E-state index in [2.05, 4.69) is 37.2 Å². The minimum Gasteiger partial charge on any atom is -0.377 e. The summed E-state index contributed by atoms with van der Waals surface area (Å²) in [5, 5.41) is 3.89. The first-order chi connectivity index (χ1) is 13.3. The van der Waals surface area contributed by atoms with Crippen molar-refractivity contribution < 1.29 is 4.74 Å². The number of aliphatic imine (C=N–C) groups is 1. The van der Waals surface area contributed by atoms with E-state index >= 15 is 0 Å². The molecule has 7 heteroatoms. The van der Waals surface area contributed by atoms with Crippen LogP contribution < -0.4 is 10.2 Å². The normalized spacial score (nSPS) is 31.3. The lowest BCUT2D eigenvalue weighted by Crippen LogP contribution is -2.70. The Balaban J connectivity index is 0.00000192. The van der Waals surface area contributed by atoms with Gasteiger partial charge < -0.3 is 19.9 Å². The third kappa shape index (κ3) is 3.28. The van der Waals surface area contributed by atoms with Gasteiger partial charge in [-0.05, 0) is 31.4 Å². The van der Waals surface area contributed by atoms with E-state index < -0.39 is 0 Å². The predicted octanol–water partition coefficient (Wildman–Crippen LogP) is 2.74. The van der Waals surface area contributed by atoms with E-state index in [9.17, 15) is 0 Å². The molecule has 3 unspecified atom stereocenters. The van der Waals surface area contributed by atoms with Crippen LogP contribution in [0.25, 0.3) is 0 Å². The molecule has 2 saturated heterocycles. The van der Waals surface area contributed by atoms with E-state index in [0.29, 0.717) is 23.5 Å². The molecule has 154 valence electrons. The zero-order valence-corrected chi connectivity index (χ0v) is 19.0. The Morgan fingerprint density at radius 2 is 2.00 bits per heavy atom. The van der Waals surface area contributed by atoms with Crippen LogP contribution in [0.3, 0.4) is 0 Å². The van der Waals surface area contributed by atoms with Gasteiger partial charge in [-0.1, -0.05) is 18.9 Å². The minimum absolute atomic E-state index is 0. The molecule has 2 aliphatic heterocycles. The van der Waals surface area contributed by atoms with Gasteiger partial charge >= 0.3 is 0 Å². The van der Waals surface area contributed by atoms with Crippen molar-refractivity contribution in [3.05, 3.63) is 24.4 Å². The molecule has 2 saturated carbocycles. The number of nitrogens with zero attached hydrogens (tertiary/aromatic N) is 4. The molecular formula is C21H32IN5O. The van der Waals surface area contributed by atoms with Crippen LogP contribution in [-0.4, -0.2) is 67.8 Å². The van der Waals surface area contributed by atoms with Crippen molar-refractivity contribution in [2.45, 2.75) is 44.2 Å². The number of halogens is 1. The Bertz CT molecular complexity index is 685. The van der Waals surface area contributed by atoms with Crippen molar-refractivity contribution in [3.63, 3.8) is 0 Å². The summed E-state index contributed by atoms with van der Waals surface area (Å²) >= 11 is 0. The number of anilines is 1. The van der Waals surface area contributed by atoms with Crippen LogP contribution in [0.15, 0.2) is 29.4 Å². The molecule has 1 aromatic rings. The first kappa shape index (κ1) is 20.2. The van der Waals surface area contributed by atoms with E-state index in [0.717, 1.165) is 44.6 Å². The molecule has 1 spiro atoms. The number of guanidine groups is 1. The van der Waals surface area contributed by atoms with E-state index in [1.54, 1.807) is 0 Å². The van der Waals surface area contributed by atoms with Crippen molar-refractivity contribution in [2.75, 3.05) is 44.7 Å². The monoisotopic (exact) mass is 497 g/mol. The van der Waals surface area contributed by atoms with E-state index in [-0.39, 0.29) is 24.0 Å². The SMILES string of the molecule is CN=C(NC1C2CCOC2C12CCCC2)N1CCN(c2ccccn2)CC1.I. The van der Waals surface area contributed by atoms with Crippen LogP contribution in [0.4, 0.5) is 5.82 Å². The molecular weight excluding hydrogens is 465 g/mol. The second-order valence-electron chi connectivity index (χ2n) is 8.52. The molecule has 3 atom stereocenters. The van der Waals surface area contributed by atoms with Gasteiger partial charge in [-0.15, -0.1) is 24.0 Å². The summed E-state index contributed by atoms with van der Waals surface area (Å²) in [5.41, 5.74) is 0.368. The zero-order valence-electron chi connectivity index (χ0n) is 16.7. The van der Waals surface area contributed by atoms with E-state index in [1.807, 2.05) is 19.3 Å². The molecule has 1 aromatic heterocycles. The van der Waals surface area contributed by atoms with Crippen LogP contribution in [0, 0.1) is 11.3 Å². The lowest BCUT2D eigenvalue weighted by atomic mass is 9.54. The van der Waals surface area contributed by atoms with Gasteiger partial charge in [0.05, 0.1) is 6.10 Å². The Labute approximate surface area is 185 Å². The maximum Gasteiger partial charge on any atom is 0.194 e. The minimum atomic E-state index is 0. The first-order valence-corrected chi connectivity index (χ1v) is 10.6. The lowest BCUT2D eigenvalue weighted by Gasteiger charge is -2.57. The van der Waals surface area contributed by atoms with Crippen molar-refractivity contribution in [3.8, 4) is 0 Å². The number of aromatic nitrogens is 1. The highest BCUT2D eigenvalue weighted by atomic mass is 127. The average molecular weight is 497 g/mol. The second kappa shape index (κ2) is 8.34. The molecule has 0 radical (unpaired) electrons. The molecule has 5 rings (SSSR count). The van der Waals surface area contributed by atoms with E-state index in [4.69, 9.17) is 4.74 Å². The van der Waals surface area contributed by atoms with Crippen molar-refractivity contribution in [1.29, 1.82) is 0 Å².